The highest BCUT2D eigenvalue weighted by molar-refractivity contribution is 5.88. The minimum atomic E-state index is -1.51. The molecule has 5 atom stereocenters. The molecule has 182 valence electrons. The van der Waals surface area contributed by atoms with Crippen LogP contribution in [0.4, 0.5) is 0 Å². The van der Waals surface area contributed by atoms with Gasteiger partial charge < -0.3 is 34.6 Å². The summed E-state index contributed by atoms with van der Waals surface area (Å²) in [7, 11) is 0. The van der Waals surface area contributed by atoms with Crippen molar-refractivity contribution in [2.45, 2.75) is 63.3 Å². The Hall–Kier alpha value is -2.69. The highest BCUT2D eigenvalue weighted by atomic mass is 16.7. The van der Waals surface area contributed by atoms with Gasteiger partial charge in [0, 0.05) is 12.1 Å². The van der Waals surface area contributed by atoms with Crippen molar-refractivity contribution in [1.29, 1.82) is 0 Å². The number of H-pyrrole nitrogens is 1. The number of aromatic amines is 1. The Balaban J connectivity index is 1.42. The number of aliphatic hydroxyl groups is 4. The van der Waals surface area contributed by atoms with Crippen molar-refractivity contribution >= 4 is 10.9 Å². The van der Waals surface area contributed by atoms with Gasteiger partial charge in [-0.25, -0.2) is 0 Å². The topological polar surface area (TPSA) is 137 Å². The van der Waals surface area contributed by atoms with Crippen molar-refractivity contribution in [3.8, 4) is 11.5 Å². The largest absolute Gasteiger partial charge is 0.493 e. The standard InChI is InChI=1S/C25H30N2O7/c1-2-13-10-17-21(19(11-13)33-25-24(31)23(30)22(29)20(12-28)34-25)16(26-27-17)5-3-14-4-6-18-15(9-14)7-8-32-18/h4,6,9-11,20,22-25,28-31H,2-3,5,7-8,12H2,1H3,(H,26,27)/t20-,22-,23+,24-,25-/m1/s1. The minimum Gasteiger partial charge on any atom is -0.493 e. The fourth-order valence-corrected chi connectivity index (χ4v) is 4.66. The number of hydrogen-bond donors (Lipinski definition) is 5. The Morgan fingerprint density at radius 3 is 2.71 bits per heavy atom. The zero-order valence-electron chi connectivity index (χ0n) is 19.0. The van der Waals surface area contributed by atoms with E-state index in [1.165, 1.54) is 11.1 Å². The molecular weight excluding hydrogens is 440 g/mol. The van der Waals surface area contributed by atoms with Crippen LogP contribution in [0.1, 0.15) is 29.3 Å². The molecule has 0 radical (unpaired) electrons. The fraction of sp³-hybridized carbons (Fsp3) is 0.480. The zero-order chi connectivity index (χ0) is 23.8. The lowest BCUT2D eigenvalue weighted by atomic mass is 9.99. The van der Waals surface area contributed by atoms with E-state index in [2.05, 4.69) is 22.3 Å². The van der Waals surface area contributed by atoms with Crippen LogP contribution in [0.15, 0.2) is 30.3 Å². The van der Waals surface area contributed by atoms with Crippen LogP contribution in [-0.2, 0) is 30.4 Å². The first-order valence-corrected chi connectivity index (χ1v) is 11.7. The van der Waals surface area contributed by atoms with Gasteiger partial charge in [0.25, 0.3) is 0 Å². The summed E-state index contributed by atoms with van der Waals surface area (Å²) in [5, 5.41) is 48.5. The monoisotopic (exact) mass is 470 g/mol. The van der Waals surface area contributed by atoms with Crippen molar-refractivity contribution in [1.82, 2.24) is 10.2 Å². The fourth-order valence-electron chi connectivity index (χ4n) is 4.66. The predicted molar refractivity (Wildman–Crippen MR) is 123 cm³/mol. The van der Waals surface area contributed by atoms with E-state index >= 15 is 0 Å². The van der Waals surface area contributed by atoms with E-state index in [4.69, 9.17) is 14.2 Å². The van der Waals surface area contributed by atoms with Crippen LogP contribution >= 0.6 is 0 Å². The van der Waals surface area contributed by atoms with Crippen molar-refractivity contribution in [3.63, 3.8) is 0 Å². The molecule has 1 aromatic heterocycles. The van der Waals surface area contributed by atoms with Crippen LogP contribution < -0.4 is 9.47 Å². The average molecular weight is 471 g/mol. The number of ether oxygens (including phenoxy) is 3. The number of benzene rings is 2. The lowest BCUT2D eigenvalue weighted by Crippen LogP contribution is -2.60. The molecule has 1 fully saturated rings. The molecule has 0 aliphatic carbocycles. The Morgan fingerprint density at radius 1 is 1.06 bits per heavy atom. The molecule has 2 aliphatic heterocycles. The van der Waals surface area contributed by atoms with Crippen LogP contribution in [0.25, 0.3) is 10.9 Å². The smallest absolute Gasteiger partial charge is 0.229 e. The van der Waals surface area contributed by atoms with Crippen LogP contribution in [0, 0.1) is 0 Å². The number of rotatable bonds is 7. The second-order valence-corrected chi connectivity index (χ2v) is 8.90. The third-order valence-corrected chi connectivity index (χ3v) is 6.67. The zero-order valence-corrected chi connectivity index (χ0v) is 19.0. The second-order valence-electron chi connectivity index (χ2n) is 8.90. The lowest BCUT2D eigenvalue weighted by molar-refractivity contribution is -0.277. The van der Waals surface area contributed by atoms with Crippen molar-refractivity contribution < 1.29 is 34.6 Å². The van der Waals surface area contributed by atoms with E-state index < -0.39 is 37.3 Å². The van der Waals surface area contributed by atoms with Gasteiger partial charge in [0.15, 0.2) is 0 Å². The van der Waals surface area contributed by atoms with Crippen LogP contribution in [0.5, 0.6) is 11.5 Å². The van der Waals surface area contributed by atoms with Gasteiger partial charge in [-0.05, 0) is 54.2 Å². The van der Waals surface area contributed by atoms with Crippen LogP contribution in [0.2, 0.25) is 0 Å². The lowest BCUT2D eigenvalue weighted by Gasteiger charge is -2.39. The number of hydrogen-bond acceptors (Lipinski definition) is 8. The van der Waals surface area contributed by atoms with Crippen molar-refractivity contribution in [2.24, 2.45) is 0 Å². The van der Waals surface area contributed by atoms with Crippen molar-refractivity contribution in [3.05, 3.63) is 52.7 Å². The molecule has 3 heterocycles. The summed E-state index contributed by atoms with van der Waals surface area (Å²) in [6, 6.07) is 10.1. The summed E-state index contributed by atoms with van der Waals surface area (Å²) in [5.74, 6) is 1.42. The molecule has 9 heteroatoms. The number of fused-ring (bicyclic) bond motifs is 2. The van der Waals surface area contributed by atoms with Gasteiger partial charge in [-0.1, -0.05) is 19.1 Å². The van der Waals surface area contributed by atoms with E-state index in [-0.39, 0.29) is 0 Å². The van der Waals surface area contributed by atoms with Crippen molar-refractivity contribution in [2.75, 3.05) is 13.2 Å². The Morgan fingerprint density at radius 2 is 1.91 bits per heavy atom. The molecular formula is C25H30N2O7. The molecule has 0 unspecified atom stereocenters. The van der Waals surface area contributed by atoms with E-state index in [1.54, 1.807) is 0 Å². The van der Waals surface area contributed by atoms with Gasteiger partial charge in [-0.2, -0.15) is 5.10 Å². The van der Waals surface area contributed by atoms with Gasteiger partial charge in [0.1, 0.15) is 35.9 Å². The summed E-state index contributed by atoms with van der Waals surface area (Å²) in [6.07, 6.45) is -3.58. The highest BCUT2D eigenvalue weighted by Crippen LogP contribution is 2.34. The summed E-state index contributed by atoms with van der Waals surface area (Å²) in [4.78, 5) is 0. The first-order valence-electron chi connectivity index (χ1n) is 11.7. The molecule has 2 aromatic carbocycles. The van der Waals surface area contributed by atoms with E-state index in [9.17, 15) is 20.4 Å². The highest BCUT2D eigenvalue weighted by Gasteiger charge is 2.45. The SMILES string of the molecule is CCc1cc(O[C@@H]2O[C@H](CO)[C@@H](O)[C@H](O)[C@H]2O)c2c(CCc3ccc4c(c3)CCO4)[nH]nc2c1. The molecule has 3 aromatic rings. The Kier molecular flexibility index (Phi) is 6.46. The number of nitrogens with one attached hydrogen (secondary N) is 1. The average Bonchev–Trinajstić information content (AvgIpc) is 3.49. The Labute approximate surface area is 196 Å². The first-order chi connectivity index (χ1) is 16.5. The molecule has 2 aliphatic rings. The Bertz CT molecular complexity index is 1160. The van der Waals surface area contributed by atoms with Gasteiger partial charge in [-0.3, -0.25) is 5.10 Å². The van der Waals surface area contributed by atoms with E-state index in [0.29, 0.717) is 12.2 Å². The molecule has 34 heavy (non-hydrogen) atoms. The molecule has 0 amide bonds. The number of aromatic nitrogens is 2. The third kappa shape index (κ3) is 4.25. The summed E-state index contributed by atoms with van der Waals surface area (Å²) >= 11 is 0. The van der Waals surface area contributed by atoms with Gasteiger partial charge in [0.05, 0.1) is 24.1 Å². The van der Waals surface area contributed by atoms with Crippen LogP contribution in [-0.4, -0.2) is 74.5 Å². The van der Waals surface area contributed by atoms with Gasteiger partial charge in [-0.15, -0.1) is 0 Å². The molecule has 1 saturated heterocycles. The molecule has 9 nitrogen and oxygen atoms in total. The third-order valence-electron chi connectivity index (χ3n) is 6.67. The first kappa shape index (κ1) is 23.1. The quantitative estimate of drug-likeness (QED) is 0.345. The van der Waals surface area contributed by atoms with E-state index in [1.807, 2.05) is 25.1 Å². The molecule has 0 bridgehead atoms. The summed E-state index contributed by atoms with van der Waals surface area (Å²) < 4.78 is 17.2. The molecule has 0 spiro atoms. The van der Waals surface area contributed by atoms with Gasteiger partial charge in [0.2, 0.25) is 6.29 Å². The second kappa shape index (κ2) is 9.52. The normalized spacial score (nSPS) is 26.4. The van der Waals surface area contributed by atoms with Crippen LogP contribution in [0.3, 0.4) is 0 Å². The maximum absolute atomic E-state index is 10.5. The maximum Gasteiger partial charge on any atom is 0.229 e. The molecule has 5 rings (SSSR count). The maximum atomic E-state index is 10.5. The van der Waals surface area contributed by atoms with E-state index in [0.717, 1.165) is 53.8 Å². The number of aryl methyl sites for hydroxylation is 3. The summed E-state index contributed by atoms with van der Waals surface area (Å²) in [6.45, 7) is 2.23. The van der Waals surface area contributed by atoms with Gasteiger partial charge >= 0.3 is 0 Å². The summed E-state index contributed by atoms with van der Waals surface area (Å²) in [5.41, 5.74) is 5.04. The minimum absolute atomic E-state index is 0.463. The number of nitrogens with zero attached hydrogens (tertiary/aromatic N) is 1. The molecule has 5 N–H and O–H groups in total. The number of aliphatic hydroxyl groups excluding tert-OH is 4. The molecule has 0 saturated carbocycles. The predicted octanol–water partition coefficient (Wildman–Crippen LogP) is 1.02.